The molecule has 0 saturated heterocycles. The minimum absolute atomic E-state index is 0.620. The van der Waals surface area contributed by atoms with Gasteiger partial charge in [-0.05, 0) is 36.7 Å². The molecule has 2 rings (SSSR count). The number of nitrogens with zero attached hydrogens (tertiary/aromatic N) is 2. The lowest BCUT2D eigenvalue weighted by atomic mass is 10.1. The van der Waals surface area contributed by atoms with Crippen LogP contribution in [-0.2, 0) is 19.9 Å². The van der Waals surface area contributed by atoms with Gasteiger partial charge in [0.15, 0.2) is 0 Å². The van der Waals surface area contributed by atoms with E-state index in [-0.39, 0.29) is 0 Å². The van der Waals surface area contributed by atoms with Crippen molar-refractivity contribution >= 4 is 15.9 Å². The summed E-state index contributed by atoms with van der Waals surface area (Å²) in [5, 5.41) is 0. The second-order valence-corrected chi connectivity index (χ2v) is 5.20. The Morgan fingerprint density at radius 2 is 2.21 bits per heavy atom. The molecule has 0 bridgehead atoms. The van der Waals surface area contributed by atoms with Gasteiger partial charge in [0.2, 0.25) is 0 Å². The van der Waals surface area contributed by atoms with Crippen LogP contribution in [0.15, 0.2) is 35.1 Å². The van der Waals surface area contributed by atoms with Crippen LogP contribution in [-0.4, -0.2) is 22.7 Å². The molecule has 0 amide bonds. The molecular formula is C14H18BrN3O. The zero-order valence-electron chi connectivity index (χ0n) is 11.0. The van der Waals surface area contributed by atoms with Crippen LogP contribution in [0.25, 0.3) is 0 Å². The van der Waals surface area contributed by atoms with Gasteiger partial charge in [0.05, 0.1) is 6.61 Å². The van der Waals surface area contributed by atoms with Gasteiger partial charge in [0.25, 0.3) is 0 Å². The summed E-state index contributed by atoms with van der Waals surface area (Å²) in [6, 6.07) is 6.00. The molecule has 4 nitrogen and oxygen atoms in total. The second kappa shape index (κ2) is 6.73. The van der Waals surface area contributed by atoms with E-state index in [0.29, 0.717) is 13.2 Å². The van der Waals surface area contributed by atoms with Gasteiger partial charge in [0, 0.05) is 30.3 Å². The maximum Gasteiger partial charge on any atom is 0.119 e. The minimum Gasteiger partial charge on any atom is -0.493 e. The molecule has 0 atom stereocenters. The van der Waals surface area contributed by atoms with Crippen molar-refractivity contribution in [3.8, 4) is 5.75 Å². The van der Waals surface area contributed by atoms with Crippen molar-refractivity contribution < 1.29 is 4.74 Å². The van der Waals surface area contributed by atoms with Gasteiger partial charge >= 0.3 is 0 Å². The first-order chi connectivity index (χ1) is 9.20. The lowest BCUT2D eigenvalue weighted by Gasteiger charge is -2.09. The summed E-state index contributed by atoms with van der Waals surface area (Å²) in [6.07, 6.45) is 5.38. The molecule has 1 aromatic heterocycles. The Morgan fingerprint density at radius 1 is 1.37 bits per heavy atom. The van der Waals surface area contributed by atoms with Crippen molar-refractivity contribution in [3.05, 3.63) is 46.5 Å². The number of halogens is 1. The van der Waals surface area contributed by atoms with Gasteiger partial charge in [-0.3, -0.25) is 0 Å². The average Bonchev–Trinajstić information content (AvgIpc) is 2.79. The zero-order chi connectivity index (χ0) is 13.7. The number of imidazole rings is 1. The van der Waals surface area contributed by atoms with Crippen LogP contribution < -0.4 is 10.5 Å². The predicted molar refractivity (Wildman–Crippen MR) is 79.3 cm³/mol. The average molecular weight is 324 g/mol. The fraction of sp³-hybridized carbons (Fsp3) is 0.357. The monoisotopic (exact) mass is 323 g/mol. The van der Waals surface area contributed by atoms with Crippen LogP contribution in [0.3, 0.4) is 0 Å². The summed E-state index contributed by atoms with van der Waals surface area (Å²) in [5.41, 5.74) is 6.77. The van der Waals surface area contributed by atoms with Crippen LogP contribution in [0.5, 0.6) is 5.75 Å². The van der Waals surface area contributed by atoms with Crippen LogP contribution in [0.2, 0.25) is 0 Å². The first-order valence-electron chi connectivity index (χ1n) is 6.28. The lowest BCUT2D eigenvalue weighted by Crippen LogP contribution is -2.07. The summed E-state index contributed by atoms with van der Waals surface area (Å²) < 4.78 is 8.84. The summed E-state index contributed by atoms with van der Waals surface area (Å²) in [6.45, 7) is 1.25. The van der Waals surface area contributed by atoms with Gasteiger partial charge in [-0.25, -0.2) is 4.98 Å². The molecule has 5 heteroatoms. The number of hydrogen-bond acceptors (Lipinski definition) is 3. The number of benzene rings is 1. The fourth-order valence-corrected chi connectivity index (χ4v) is 2.33. The SMILES string of the molecule is Cn1ccnc1CCOc1ccc(Br)c(CCN)c1. The van der Waals surface area contributed by atoms with E-state index in [4.69, 9.17) is 10.5 Å². The second-order valence-electron chi connectivity index (χ2n) is 4.34. The molecule has 2 aromatic rings. The maximum absolute atomic E-state index is 5.76. The van der Waals surface area contributed by atoms with Gasteiger partial charge < -0.3 is 15.0 Å². The predicted octanol–water partition coefficient (Wildman–Crippen LogP) is 2.31. The third kappa shape index (κ3) is 3.81. The standard InChI is InChI=1S/C14H18BrN3O/c1-18-8-7-17-14(18)5-9-19-12-2-3-13(15)11(10-12)4-6-16/h2-3,7-8,10H,4-6,9,16H2,1H3. The van der Waals surface area contributed by atoms with Crippen molar-refractivity contribution in [3.63, 3.8) is 0 Å². The molecule has 1 heterocycles. The fourth-order valence-electron chi connectivity index (χ4n) is 1.89. The van der Waals surface area contributed by atoms with Crippen molar-refractivity contribution in [2.24, 2.45) is 12.8 Å². The summed E-state index contributed by atoms with van der Waals surface area (Å²) in [7, 11) is 1.99. The van der Waals surface area contributed by atoms with E-state index in [1.54, 1.807) is 6.20 Å². The highest BCUT2D eigenvalue weighted by atomic mass is 79.9. The van der Waals surface area contributed by atoms with E-state index in [0.717, 1.165) is 28.9 Å². The maximum atomic E-state index is 5.76. The molecule has 0 radical (unpaired) electrons. The Morgan fingerprint density at radius 3 is 2.89 bits per heavy atom. The van der Waals surface area contributed by atoms with Gasteiger partial charge in [-0.1, -0.05) is 15.9 Å². The smallest absolute Gasteiger partial charge is 0.119 e. The highest BCUT2D eigenvalue weighted by molar-refractivity contribution is 9.10. The topological polar surface area (TPSA) is 53.1 Å². The molecule has 0 fully saturated rings. The molecule has 102 valence electrons. The lowest BCUT2D eigenvalue weighted by molar-refractivity contribution is 0.317. The highest BCUT2D eigenvalue weighted by Crippen LogP contribution is 2.23. The molecule has 19 heavy (non-hydrogen) atoms. The Kier molecular flexibility index (Phi) is 4.99. The third-order valence-electron chi connectivity index (χ3n) is 2.95. The van der Waals surface area contributed by atoms with Gasteiger partial charge in [0.1, 0.15) is 11.6 Å². The Bertz CT molecular complexity index is 539. The number of rotatable bonds is 6. The quantitative estimate of drug-likeness (QED) is 0.887. The molecule has 0 unspecified atom stereocenters. The molecule has 2 N–H and O–H groups in total. The molecule has 0 aliphatic carbocycles. The number of aryl methyl sites for hydroxylation is 1. The molecular weight excluding hydrogens is 306 g/mol. The van der Waals surface area contributed by atoms with Crippen molar-refractivity contribution in [1.29, 1.82) is 0 Å². The zero-order valence-corrected chi connectivity index (χ0v) is 12.6. The van der Waals surface area contributed by atoms with E-state index in [9.17, 15) is 0 Å². The minimum atomic E-state index is 0.620. The molecule has 0 aliphatic heterocycles. The van der Waals surface area contributed by atoms with Crippen LogP contribution >= 0.6 is 15.9 Å². The Hall–Kier alpha value is -1.33. The largest absolute Gasteiger partial charge is 0.493 e. The van der Waals surface area contributed by atoms with E-state index in [1.807, 2.05) is 36.0 Å². The number of aromatic nitrogens is 2. The summed E-state index contributed by atoms with van der Waals surface area (Å²) >= 11 is 3.52. The van der Waals surface area contributed by atoms with E-state index >= 15 is 0 Å². The summed E-state index contributed by atoms with van der Waals surface area (Å²) in [4.78, 5) is 4.27. The summed E-state index contributed by atoms with van der Waals surface area (Å²) in [5.74, 6) is 1.90. The van der Waals surface area contributed by atoms with Crippen LogP contribution in [0.1, 0.15) is 11.4 Å². The number of hydrogen-bond donors (Lipinski definition) is 1. The number of nitrogens with two attached hydrogens (primary N) is 1. The molecule has 0 saturated carbocycles. The van der Waals surface area contributed by atoms with E-state index in [1.165, 1.54) is 5.56 Å². The van der Waals surface area contributed by atoms with Crippen molar-refractivity contribution in [1.82, 2.24) is 9.55 Å². The number of ether oxygens (including phenoxy) is 1. The van der Waals surface area contributed by atoms with Crippen molar-refractivity contribution in [2.75, 3.05) is 13.2 Å². The normalized spacial score (nSPS) is 10.7. The molecule has 1 aromatic carbocycles. The highest BCUT2D eigenvalue weighted by Gasteiger charge is 2.03. The Balaban J connectivity index is 1.92. The Labute approximate surface area is 121 Å². The third-order valence-corrected chi connectivity index (χ3v) is 3.72. The van der Waals surface area contributed by atoms with Crippen LogP contribution in [0, 0.1) is 0 Å². The van der Waals surface area contributed by atoms with Gasteiger partial charge in [-0.15, -0.1) is 0 Å². The van der Waals surface area contributed by atoms with E-state index < -0.39 is 0 Å². The van der Waals surface area contributed by atoms with Crippen LogP contribution in [0.4, 0.5) is 0 Å². The van der Waals surface area contributed by atoms with E-state index in [2.05, 4.69) is 20.9 Å². The molecule has 0 spiro atoms. The first kappa shape index (κ1) is 14.1. The first-order valence-corrected chi connectivity index (χ1v) is 7.07. The van der Waals surface area contributed by atoms with Crippen molar-refractivity contribution in [2.45, 2.75) is 12.8 Å². The van der Waals surface area contributed by atoms with Gasteiger partial charge in [-0.2, -0.15) is 0 Å². The molecule has 0 aliphatic rings.